The molecule has 1 aromatic heterocycles. The fourth-order valence-corrected chi connectivity index (χ4v) is 1.08. The first-order valence-corrected chi connectivity index (χ1v) is 4.36. The Morgan fingerprint density at radius 3 is 2.93 bits per heavy atom. The van der Waals surface area contributed by atoms with Gasteiger partial charge in [-0.2, -0.15) is 4.98 Å². The molecular formula is C8H12FN3O3. The van der Waals surface area contributed by atoms with Crippen molar-refractivity contribution in [1.29, 1.82) is 0 Å². The highest BCUT2D eigenvalue weighted by Crippen LogP contribution is 2.02. The van der Waals surface area contributed by atoms with Gasteiger partial charge in [0.05, 0.1) is 12.6 Å². The topological polar surface area (TPSA) is 101 Å². The van der Waals surface area contributed by atoms with Gasteiger partial charge in [-0.15, -0.1) is 0 Å². The van der Waals surface area contributed by atoms with Gasteiger partial charge in [-0.1, -0.05) is 0 Å². The van der Waals surface area contributed by atoms with Gasteiger partial charge in [0.15, 0.2) is 11.6 Å². The maximum Gasteiger partial charge on any atom is 0.349 e. The van der Waals surface area contributed by atoms with Gasteiger partial charge in [0.2, 0.25) is 0 Å². The van der Waals surface area contributed by atoms with Crippen molar-refractivity contribution in [3.63, 3.8) is 0 Å². The molecule has 1 rings (SSSR count). The van der Waals surface area contributed by atoms with Crippen molar-refractivity contribution < 1.29 is 14.6 Å². The molecule has 0 fully saturated rings. The molecule has 0 saturated carbocycles. The molecule has 0 spiro atoms. The Kier molecular flexibility index (Phi) is 3.75. The van der Waals surface area contributed by atoms with Crippen LogP contribution in [0.15, 0.2) is 11.0 Å². The van der Waals surface area contributed by atoms with Crippen LogP contribution in [0.1, 0.15) is 6.42 Å². The summed E-state index contributed by atoms with van der Waals surface area (Å²) in [6.07, 6.45) is 0.0708. The van der Waals surface area contributed by atoms with Crippen molar-refractivity contribution in [3.8, 4) is 0 Å². The van der Waals surface area contributed by atoms with E-state index in [-0.39, 0.29) is 19.6 Å². The van der Waals surface area contributed by atoms with E-state index in [0.717, 1.165) is 10.8 Å². The molecule has 4 N–H and O–H groups in total. The van der Waals surface area contributed by atoms with Crippen LogP contribution in [0.2, 0.25) is 0 Å². The lowest BCUT2D eigenvalue weighted by Crippen LogP contribution is -2.29. The van der Waals surface area contributed by atoms with Gasteiger partial charge < -0.3 is 15.9 Å². The molecule has 0 bridgehead atoms. The molecular weight excluding hydrogens is 205 g/mol. The van der Waals surface area contributed by atoms with E-state index in [1.54, 1.807) is 0 Å². The van der Waals surface area contributed by atoms with E-state index >= 15 is 0 Å². The largest absolute Gasteiger partial charge is 0.396 e. The highest BCUT2D eigenvalue weighted by molar-refractivity contribution is 5.26. The molecule has 1 unspecified atom stereocenters. The van der Waals surface area contributed by atoms with Crippen LogP contribution in [0, 0.1) is 5.82 Å². The number of aromatic nitrogens is 2. The highest BCUT2D eigenvalue weighted by atomic mass is 19.1. The van der Waals surface area contributed by atoms with Crippen LogP contribution in [0.4, 0.5) is 10.2 Å². The van der Waals surface area contributed by atoms with Crippen molar-refractivity contribution in [2.45, 2.75) is 19.1 Å². The summed E-state index contributed by atoms with van der Waals surface area (Å²) in [5, 5.41) is 17.8. The van der Waals surface area contributed by atoms with Crippen LogP contribution >= 0.6 is 0 Å². The first-order valence-electron chi connectivity index (χ1n) is 4.36. The van der Waals surface area contributed by atoms with E-state index in [1.165, 1.54) is 0 Å². The Balaban J connectivity index is 2.86. The zero-order valence-electron chi connectivity index (χ0n) is 7.93. The number of nitrogen functional groups attached to an aromatic ring is 1. The molecule has 0 aromatic carbocycles. The average Bonchev–Trinajstić information content (AvgIpc) is 2.14. The summed E-state index contributed by atoms with van der Waals surface area (Å²) in [7, 11) is 0. The van der Waals surface area contributed by atoms with Crippen LogP contribution < -0.4 is 11.4 Å². The molecule has 0 saturated heterocycles. The standard InChI is InChI=1S/C8H12FN3O3/c9-6-4-12(3-5(14)1-2-13)8(15)11-7(6)10/h4-5,13-14H,1-3H2,(H2,10,11,15). The first kappa shape index (κ1) is 11.6. The van der Waals surface area contributed by atoms with Crippen molar-refractivity contribution in [1.82, 2.24) is 9.55 Å². The number of nitrogens with two attached hydrogens (primary N) is 1. The molecule has 0 aliphatic carbocycles. The third-order valence-electron chi connectivity index (χ3n) is 1.85. The minimum atomic E-state index is -0.919. The quantitative estimate of drug-likeness (QED) is 0.582. The Morgan fingerprint density at radius 1 is 1.67 bits per heavy atom. The summed E-state index contributed by atoms with van der Waals surface area (Å²) in [6, 6.07) is 0. The van der Waals surface area contributed by atoms with E-state index in [4.69, 9.17) is 10.8 Å². The summed E-state index contributed by atoms with van der Waals surface area (Å²) >= 11 is 0. The smallest absolute Gasteiger partial charge is 0.349 e. The maximum atomic E-state index is 12.9. The van der Waals surface area contributed by atoms with Crippen molar-refractivity contribution in [3.05, 3.63) is 22.5 Å². The molecule has 1 aromatic rings. The fourth-order valence-electron chi connectivity index (χ4n) is 1.08. The zero-order valence-corrected chi connectivity index (χ0v) is 7.93. The second-order valence-electron chi connectivity index (χ2n) is 3.08. The van der Waals surface area contributed by atoms with Crippen LogP contribution in [-0.4, -0.2) is 32.5 Å². The van der Waals surface area contributed by atoms with Gasteiger partial charge in [0.1, 0.15) is 0 Å². The third kappa shape index (κ3) is 3.00. The molecule has 1 heterocycles. The van der Waals surface area contributed by atoms with Crippen LogP contribution in [-0.2, 0) is 6.54 Å². The Bertz CT molecular complexity index is 393. The lowest BCUT2D eigenvalue weighted by molar-refractivity contribution is 0.115. The third-order valence-corrected chi connectivity index (χ3v) is 1.85. The minimum absolute atomic E-state index is 0.110. The Hall–Kier alpha value is -1.47. The van der Waals surface area contributed by atoms with Crippen molar-refractivity contribution in [2.24, 2.45) is 0 Å². The average molecular weight is 217 g/mol. The predicted molar refractivity (Wildman–Crippen MR) is 50.6 cm³/mol. The second kappa shape index (κ2) is 4.85. The van der Waals surface area contributed by atoms with Crippen LogP contribution in [0.3, 0.4) is 0 Å². The minimum Gasteiger partial charge on any atom is -0.396 e. The number of hydrogen-bond donors (Lipinski definition) is 3. The van der Waals surface area contributed by atoms with Crippen molar-refractivity contribution in [2.75, 3.05) is 12.3 Å². The maximum absolute atomic E-state index is 12.9. The van der Waals surface area contributed by atoms with Gasteiger partial charge in [0, 0.05) is 12.8 Å². The summed E-state index contributed by atoms with van der Waals surface area (Å²) in [4.78, 5) is 14.4. The number of aliphatic hydroxyl groups is 2. The highest BCUT2D eigenvalue weighted by Gasteiger charge is 2.09. The van der Waals surface area contributed by atoms with Crippen LogP contribution in [0.25, 0.3) is 0 Å². The number of halogens is 1. The van der Waals surface area contributed by atoms with Gasteiger partial charge in [0.25, 0.3) is 0 Å². The van der Waals surface area contributed by atoms with Gasteiger partial charge in [-0.25, -0.2) is 9.18 Å². The lowest BCUT2D eigenvalue weighted by atomic mass is 10.2. The fraction of sp³-hybridized carbons (Fsp3) is 0.500. The summed E-state index contributed by atoms with van der Waals surface area (Å²) in [5.41, 5.74) is 4.35. The van der Waals surface area contributed by atoms with Gasteiger partial charge in [-0.3, -0.25) is 4.57 Å². The Labute approximate surface area is 84.8 Å². The molecule has 6 nitrogen and oxygen atoms in total. The van der Waals surface area contributed by atoms with E-state index in [9.17, 15) is 14.3 Å². The van der Waals surface area contributed by atoms with E-state index in [0.29, 0.717) is 0 Å². The van der Waals surface area contributed by atoms with E-state index < -0.39 is 23.4 Å². The monoisotopic (exact) mass is 217 g/mol. The number of anilines is 1. The van der Waals surface area contributed by atoms with Gasteiger partial charge >= 0.3 is 5.69 Å². The van der Waals surface area contributed by atoms with E-state index in [1.807, 2.05) is 0 Å². The van der Waals surface area contributed by atoms with Crippen molar-refractivity contribution >= 4 is 5.82 Å². The number of aliphatic hydroxyl groups excluding tert-OH is 2. The predicted octanol–water partition coefficient (Wildman–Crippen LogP) is -1.29. The Morgan fingerprint density at radius 2 is 2.33 bits per heavy atom. The molecule has 1 atom stereocenters. The molecule has 0 aliphatic rings. The van der Waals surface area contributed by atoms with E-state index in [2.05, 4.69) is 4.98 Å². The number of nitrogens with zero attached hydrogens (tertiary/aromatic N) is 2. The lowest BCUT2D eigenvalue weighted by Gasteiger charge is -2.10. The second-order valence-corrected chi connectivity index (χ2v) is 3.08. The molecule has 0 amide bonds. The zero-order chi connectivity index (χ0) is 11.4. The van der Waals surface area contributed by atoms with Gasteiger partial charge in [-0.05, 0) is 6.42 Å². The molecule has 0 aliphatic heterocycles. The molecule has 15 heavy (non-hydrogen) atoms. The summed E-state index contributed by atoms with van der Waals surface area (Å²) in [5.74, 6) is -1.28. The molecule has 84 valence electrons. The SMILES string of the molecule is Nc1nc(=O)n(CC(O)CCO)cc1F. The normalized spacial score (nSPS) is 12.7. The van der Waals surface area contributed by atoms with Crippen LogP contribution in [0.5, 0.6) is 0 Å². The number of hydrogen-bond acceptors (Lipinski definition) is 5. The first-order chi connectivity index (χ1) is 7.04. The summed E-state index contributed by atoms with van der Waals surface area (Å²) < 4.78 is 13.8. The molecule has 7 heteroatoms. The summed E-state index contributed by atoms with van der Waals surface area (Å²) in [6.45, 7) is -0.329. The number of rotatable bonds is 4. The molecule has 0 radical (unpaired) electrons.